The lowest BCUT2D eigenvalue weighted by Gasteiger charge is -2.22. The molecule has 1 N–H and O–H groups in total. The molecule has 3 nitrogen and oxygen atoms in total. The molecule has 0 saturated carbocycles. The van der Waals surface area contributed by atoms with Crippen LogP contribution >= 0.6 is 0 Å². The van der Waals surface area contributed by atoms with Crippen LogP contribution in [0.3, 0.4) is 0 Å². The normalized spacial score (nSPS) is 26.6. The zero-order chi connectivity index (χ0) is 14.2. The lowest BCUT2D eigenvalue weighted by atomic mass is 10.1. The van der Waals surface area contributed by atoms with E-state index in [1.165, 1.54) is 31.5 Å². The topological polar surface area (TPSA) is 24.5 Å². The van der Waals surface area contributed by atoms with Crippen LogP contribution in [-0.2, 0) is 0 Å². The zero-order valence-electron chi connectivity index (χ0n) is 11.0. The summed E-state index contributed by atoms with van der Waals surface area (Å²) in [6, 6.07) is 6.93. The van der Waals surface area contributed by atoms with Crippen molar-refractivity contribution >= 4 is 5.69 Å². The van der Waals surface area contributed by atoms with Crippen LogP contribution in [0.1, 0.15) is 19.3 Å². The van der Waals surface area contributed by atoms with Crippen LogP contribution in [0.5, 0.6) is 5.75 Å². The van der Waals surface area contributed by atoms with Gasteiger partial charge in [0.15, 0.2) is 0 Å². The van der Waals surface area contributed by atoms with Crippen LogP contribution in [0.4, 0.5) is 18.9 Å². The molecule has 0 aliphatic carbocycles. The van der Waals surface area contributed by atoms with Crippen molar-refractivity contribution in [1.82, 2.24) is 4.90 Å². The average molecular weight is 286 g/mol. The van der Waals surface area contributed by atoms with E-state index in [1.807, 2.05) is 0 Å². The lowest BCUT2D eigenvalue weighted by Crippen LogP contribution is -2.33. The lowest BCUT2D eigenvalue weighted by molar-refractivity contribution is -0.274. The molecule has 2 aliphatic heterocycles. The van der Waals surface area contributed by atoms with Gasteiger partial charge in [-0.15, -0.1) is 13.2 Å². The first-order chi connectivity index (χ1) is 9.51. The molecule has 1 aromatic carbocycles. The van der Waals surface area contributed by atoms with E-state index in [0.717, 1.165) is 18.7 Å². The van der Waals surface area contributed by atoms with Crippen LogP contribution in [0.25, 0.3) is 0 Å². The first-order valence-corrected chi connectivity index (χ1v) is 6.88. The molecule has 0 spiro atoms. The van der Waals surface area contributed by atoms with Gasteiger partial charge in [-0.1, -0.05) is 0 Å². The van der Waals surface area contributed by atoms with E-state index in [9.17, 15) is 13.2 Å². The van der Waals surface area contributed by atoms with Crippen molar-refractivity contribution < 1.29 is 17.9 Å². The van der Waals surface area contributed by atoms with Crippen molar-refractivity contribution in [3.8, 4) is 5.75 Å². The maximum atomic E-state index is 12.1. The number of benzene rings is 1. The Morgan fingerprint density at radius 3 is 2.55 bits per heavy atom. The first-order valence-electron chi connectivity index (χ1n) is 6.88. The summed E-state index contributed by atoms with van der Waals surface area (Å²) in [7, 11) is 0. The van der Waals surface area contributed by atoms with E-state index < -0.39 is 6.36 Å². The SMILES string of the molecule is FC(F)(F)Oc1ccc(NC2CCN3CCCC23)cc1. The number of ether oxygens (including phenoxy) is 1. The van der Waals surface area contributed by atoms with E-state index in [0.29, 0.717) is 12.1 Å². The van der Waals surface area contributed by atoms with Gasteiger partial charge in [0.05, 0.1) is 0 Å². The predicted octanol–water partition coefficient (Wildman–Crippen LogP) is 3.23. The molecule has 0 bridgehead atoms. The maximum Gasteiger partial charge on any atom is 0.573 e. The van der Waals surface area contributed by atoms with E-state index in [-0.39, 0.29) is 5.75 Å². The molecule has 0 amide bonds. The van der Waals surface area contributed by atoms with Crippen molar-refractivity contribution in [3.63, 3.8) is 0 Å². The molecule has 2 heterocycles. The molecular weight excluding hydrogens is 269 g/mol. The number of hydrogen-bond donors (Lipinski definition) is 1. The Hall–Kier alpha value is -1.43. The Morgan fingerprint density at radius 1 is 1.10 bits per heavy atom. The number of anilines is 1. The molecule has 1 aromatic rings. The Bertz CT molecular complexity index is 460. The van der Waals surface area contributed by atoms with Crippen LogP contribution in [0.15, 0.2) is 24.3 Å². The molecular formula is C14H17F3N2O. The predicted molar refractivity (Wildman–Crippen MR) is 69.7 cm³/mol. The summed E-state index contributed by atoms with van der Waals surface area (Å²) in [6.07, 6.45) is -1.11. The highest BCUT2D eigenvalue weighted by molar-refractivity contribution is 5.47. The molecule has 2 saturated heterocycles. The monoisotopic (exact) mass is 286 g/mol. The minimum Gasteiger partial charge on any atom is -0.406 e. The Labute approximate surface area is 115 Å². The van der Waals surface area contributed by atoms with Gasteiger partial charge >= 0.3 is 6.36 Å². The molecule has 2 unspecified atom stereocenters. The summed E-state index contributed by atoms with van der Waals surface area (Å²) < 4.78 is 40.1. The smallest absolute Gasteiger partial charge is 0.406 e. The largest absolute Gasteiger partial charge is 0.573 e. The number of rotatable bonds is 3. The van der Waals surface area contributed by atoms with Gasteiger partial charge in [-0.05, 0) is 50.1 Å². The van der Waals surface area contributed by atoms with Crippen LogP contribution in [0.2, 0.25) is 0 Å². The quantitative estimate of drug-likeness (QED) is 0.923. The Balaban J connectivity index is 1.61. The summed E-state index contributed by atoms with van der Waals surface area (Å²) in [6.45, 7) is 2.28. The van der Waals surface area contributed by atoms with Crippen LogP contribution < -0.4 is 10.1 Å². The van der Waals surface area contributed by atoms with E-state index in [2.05, 4.69) is 15.0 Å². The van der Waals surface area contributed by atoms with Crippen molar-refractivity contribution in [3.05, 3.63) is 24.3 Å². The standard InChI is InChI=1S/C14H17F3N2O/c15-14(16,17)20-11-5-3-10(4-6-11)18-12-7-9-19-8-1-2-13(12)19/h3-6,12-13,18H,1-2,7-9H2. The fourth-order valence-corrected chi connectivity index (χ4v) is 3.22. The zero-order valence-corrected chi connectivity index (χ0v) is 11.0. The molecule has 20 heavy (non-hydrogen) atoms. The van der Waals surface area contributed by atoms with Gasteiger partial charge in [0.2, 0.25) is 0 Å². The van der Waals surface area contributed by atoms with Crippen molar-refractivity contribution in [1.29, 1.82) is 0 Å². The Morgan fingerprint density at radius 2 is 1.85 bits per heavy atom. The average Bonchev–Trinajstić information content (AvgIpc) is 2.94. The number of alkyl halides is 3. The van der Waals surface area contributed by atoms with Crippen LogP contribution in [0, 0.1) is 0 Å². The molecule has 110 valence electrons. The van der Waals surface area contributed by atoms with Gasteiger partial charge in [-0.2, -0.15) is 0 Å². The highest BCUT2D eigenvalue weighted by Crippen LogP contribution is 2.31. The highest BCUT2D eigenvalue weighted by atomic mass is 19.4. The summed E-state index contributed by atoms with van der Waals surface area (Å²) in [5, 5.41) is 3.42. The molecule has 2 atom stereocenters. The van der Waals surface area contributed by atoms with Crippen LogP contribution in [-0.4, -0.2) is 36.4 Å². The second-order valence-electron chi connectivity index (χ2n) is 5.36. The molecule has 0 radical (unpaired) electrons. The van der Waals surface area contributed by atoms with E-state index in [4.69, 9.17) is 0 Å². The number of hydrogen-bond acceptors (Lipinski definition) is 3. The maximum absolute atomic E-state index is 12.1. The number of halogens is 3. The molecule has 3 rings (SSSR count). The third-order valence-corrected chi connectivity index (χ3v) is 4.05. The third kappa shape index (κ3) is 3.00. The van der Waals surface area contributed by atoms with Gasteiger partial charge in [-0.25, -0.2) is 0 Å². The summed E-state index contributed by atoms with van der Waals surface area (Å²) >= 11 is 0. The summed E-state index contributed by atoms with van der Waals surface area (Å²) in [5.41, 5.74) is 0.846. The van der Waals surface area contributed by atoms with Gasteiger partial charge < -0.3 is 10.1 Å². The number of nitrogens with one attached hydrogen (secondary N) is 1. The van der Waals surface area contributed by atoms with Crippen molar-refractivity contribution in [2.75, 3.05) is 18.4 Å². The van der Waals surface area contributed by atoms with Crippen molar-refractivity contribution in [2.24, 2.45) is 0 Å². The third-order valence-electron chi connectivity index (χ3n) is 4.05. The van der Waals surface area contributed by atoms with Gasteiger partial charge in [0.1, 0.15) is 5.75 Å². The molecule has 0 aromatic heterocycles. The second kappa shape index (κ2) is 5.16. The fourth-order valence-electron chi connectivity index (χ4n) is 3.22. The molecule has 6 heteroatoms. The first kappa shape index (κ1) is 13.5. The van der Waals surface area contributed by atoms with Gasteiger partial charge in [0, 0.05) is 24.3 Å². The van der Waals surface area contributed by atoms with E-state index >= 15 is 0 Å². The summed E-state index contributed by atoms with van der Waals surface area (Å²) in [4.78, 5) is 2.48. The minimum atomic E-state index is -4.63. The van der Waals surface area contributed by atoms with Gasteiger partial charge in [0.25, 0.3) is 0 Å². The number of fused-ring (bicyclic) bond motifs is 1. The Kier molecular flexibility index (Phi) is 3.50. The second-order valence-corrected chi connectivity index (χ2v) is 5.36. The fraction of sp³-hybridized carbons (Fsp3) is 0.571. The number of nitrogens with zero attached hydrogens (tertiary/aromatic N) is 1. The van der Waals surface area contributed by atoms with E-state index in [1.54, 1.807) is 12.1 Å². The summed E-state index contributed by atoms with van der Waals surface area (Å²) in [5.74, 6) is -0.183. The molecule has 2 aliphatic rings. The van der Waals surface area contributed by atoms with Gasteiger partial charge in [-0.3, -0.25) is 4.90 Å². The highest BCUT2D eigenvalue weighted by Gasteiger charge is 2.37. The van der Waals surface area contributed by atoms with Crippen molar-refractivity contribution in [2.45, 2.75) is 37.7 Å². The minimum absolute atomic E-state index is 0.183. The molecule has 2 fully saturated rings.